The van der Waals surface area contributed by atoms with Crippen LogP contribution in [0, 0.1) is 11.3 Å². The van der Waals surface area contributed by atoms with Gasteiger partial charge in [-0.2, -0.15) is 0 Å². The first-order chi connectivity index (χ1) is 20.8. The number of carbonyl (C=O) groups is 3. The monoisotopic (exact) mass is 646 g/mol. The SMILES string of the molecule is CC(C)(C)CN1C(=O)[C@H](CC(=O)N2CCCC(C(=O)O)C2)O[C@@H](c2ccccc2OC(F)(F)F)c2cc(OC(F)(F)F)ccc21. The summed E-state index contributed by atoms with van der Waals surface area (Å²) in [6, 6.07) is 7.87. The zero-order valence-electron chi connectivity index (χ0n) is 24.6. The second-order valence-corrected chi connectivity index (χ2v) is 12.1. The molecule has 0 spiro atoms. The van der Waals surface area contributed by atoms with E-state index in [4.69, 9.17) is 4.74 Å². The van der Waals surface area contributed by atoms with Crippen molar-refractivity contribution in [2.75, 3.05) is 24.5 Å². The lowest BCUT2D eigenvalue weighted by atomic mass is 9.94. The number of fused-ring (bicyclic) bond motifs is 1. The number of anilines is 1. The van der Waals surface area contributed by atoms with Crippen LogP contribution in [0.5, 0.6) is 11.5 Å². The lowest BCUT2D eigenvalue weighted by Gasteiger charge is -2.33. The number of carboxylic acids is 1. The molecule has 45 heavy (non-hydrogen) atoms. The fraction of sp³-hybridized carbons (Fsp3) is 0.500. The minimum atomic E-state index is -5.15. The van der Waals surface area contributed by atoms with Crippen LogP contribution >= 0.6 is 0 Å². The van der Waals surface area contributed by atoms with Crippen molar-refractivity contribution in [2.45, 2.75) is 65.0 Å². The van der Waals surface area contributed by atoms with Gasteiger partial charge in [0.25, 0.3) is 5.91 Å². The van der Waals surface area contributed by atoms with Crippen LogP contribution in [0.4, 0.5) is 32.0 Å². The first kappa shape index (κ1) is 33.9. The molecule has 0 radical (unpaired) electrons. The molecule has 0 bridgehead atoms. The van der Waals surface area contributed by atoms with Gasteiger partial charge in [0.05, 0.1) is 18.0 Å². The molecule has 1 N–H and O–H groups in total. The van der Waals surface area contributed by atoms with Gasteiger partial charge in [-0.15, -0.1) is 26.3 Å². The molecule has 2 aromatic carbocycles. The van der Waals surface area contributed by atoms with E-state index in [1.807, 2.05) is 0 Å². The molecule has 2 aliphatic heterocycles. The van der Waals surface area contributed by atoms with E-state index in [-0.39, 0.29) is 36.4 Å². The van der Waals surface area contributed by atoms with Crippen molar-refractivity contribution in [1.29, 1.82) is 0 Å². The molecule has 1 fully saturated rings. The van der Waals surface area contributed by atoms with Gasteiger partial charge >= 0.3 is 18.7 Å². The highest BCUT2D eigenvalue weighted by Crippen LogP contribution is 2.45. The van der Waals surface area contributed by atoms with Crippen molar-refractivity contribution in [3.63, 3.8) is 0 Å². The molecule has 9 nitrogen and oxygen atoms in total. The van der Waals surface area contributed by atoms with Crippen LogP contribution in [0.2, 0.25) is 0 Å². The van der Waals surface area contributed by atoms with Gasteiger partial charge < -0.3 is 29.1 Å². The Morgan fingerprint density at radius 2 is 1.64 bits per heavy atom. The lowest BCUT2D eigenvalue weighted by Crippen LogP contribution is -2.47. The molecule has 1 saturated heterocycles. The molecule has 2 aliphatic rings. The topological polar surface area (TPSA) is 106 Å². The van der Waals surface area contributed by atoms with Crippen LogP contribution in [0.15, 0.2) is 42.5 Å². The number of rotatable bonds is 7. The van der Waals surface area contributed by atoms with Gasteiger partial charge in [0, 0.05) is 30.8 Å². The summed E-state index contributed by atoms with van der Waals surface area (Å²) in [5.41, 5.74) is -0.963. The van der Waals surface area contributed by atoms with E-state index >= 15 is 0 Å². The minimum Gasteiger partial charge on any atom is -0.481 e. The quantitative estimate of drug-likeness (QED) is 0.365. The van der Waals surface area contributed by atoms with Crippen LogP contribution in [0.25, 0.3) is 0 Å². The first-order valence-electron chi connectivity index (χ1n) is 14.0. The van der Waals surface area contributed by atoms with Crippen molar-refractivity contribution in [2.24, 2.45) is 11.3 Å². The number of piperidine rings is 1. The molecule has 3 atom stereocenters. The highest BCUT2D eigenvalue weighted by Gasteiger charge is 2.43. The van der Waals surface area contributed by atoms with E-state index < -0.39 is 72.0 Å². The van der Waals surface area contributed by atoms with E-state index in [0.29, 0.717) is 12.8 Å². The van der Waals surface area contributed by atoms with E-state index in [0.717, 1.165) is 18.2 Å². The maximum atomic E-state index is 14.1. The number of benzene rings is 2. The number of hydrogen-bond donors (Lipinski definition) is 1. The van der Waals surface area contributed by atoms with Gasteiger partial charge in [-0.3, -0.25) is 14.4 Å². The average Bonchev–Trinajstić information content (AvgIpc) is 3.01. The van der Waals surface area contributed by atoms with Crippen LogP contribution < -0.4 is 14.4 Å². The number of aliphatic carboxylic acids is 1. The van der Waals surface area contributed by atoms with Crippen molar-refractivity contribution in [1.82, 2.24) is 4.90 Å². The number of carboxylic acid groups (broad SMARTS) is 1. The van der Waals surface area contributed by atoms with Crippen LogP contribution in [-0.4, -0.2) is 66.3 Å². The molecule has 0 aromatic heterocycles. The molecule has 2 amide bonds. The Hall–Kier alpha value is -4.01. The zero-order chi connectivity index (χ0) is 33.3. The smallest absolute Gasteiger partial charge is 0.481 e. The molecule has 2 heterocycles. The summed E-state index contributed by atoms with van der Waals surface area (Å²) in [5.74, 6) is -4.73. The zero-order valence-corrected chi connectivity index (χ0v) is 24.6. The van der Waals surface area contributed by atoms with Gasteiger partial charge in [-0.25, -0.2) is 0 Å². The summed E-state index contributed by atoms with van der Waals surface area (Å²) in [7, 11) is 0. The first-order valence-corrected chi connectivity index (χ1v) is 14.0. The van der Waals surface area contributed by atoms with Gasteiger partial charge in [0.1, 0.15) is 23.7 Å². The number of ether oxygens (including phenoxy) is 3. The molecule has 15 heteroatoms. The maximum absolute atomic E-state index is 14.1. The van der Waals surface area contributed by atoms with Gasteiger partial charge in [-0.1, -0.05) is 39.0 Å². The second-order valence-electron chi connectivity index (χ2n) is 12.1. The summed E-state index contributed by atoms with van der Waals surface area (Å²) < 4.78 is 94.2. The largest absolute Gasteiger partial charge is 0.573 e. The third-order valence-corrected chi connectivity index (χ3v) is 7.19. The van der Waals surface area contributed by atoms with E-state index in [1.54, 1.807) is 20.8 Å². The minimum absolute atomic E-state index is 0.00935. The third-order valence-electron chi connectivity index (χ3n) is 7.19. The number of halogens is 6. The Morgan fingerprint density at radius 3 is 2.27 bits per heavy atom. The summed E-state index contributed by atoms with van der Waals surface area (Å²) >= 11 is 0. The molecular formula is C30H32F6N2O7. The summed E-state index contributed by atoms with van der Waals surface area (Å²) in [6.45, 7) is 5.47. The fourth-order valence-corrected chi connectivity index (χ4v) is 5.40. The number of amides is 2. The second kappa shape index (κ2) is 12.8. The van der Waals surface area contributed by atoms with Crippen molar-refractivity contribution < 1.29 is 60.0 Å². The van der Waals surface area contributed by atoms with E-state index in [9.17, 15) is 45.8 Å². The van der Waals surface area contributed by atoms with Crippen LogP contribution in [0.1, 0.15) is 57.3 Å². The Balaban J connectivity index is 1.85. The number of likely N-dealkylation sites (tertiary alicyclic amines) is 1. The molecule has 246 valence electrons. The Labute approximate surface area is 254 Å². The predicted molar refractivity (Wildman–Crippen MR) is 146 cm³/mol. The lowest BCUT2D eigenvalue weighted by molar-refractivity contribution is -0.276. The Bertz CT molecular complexity index is 1420. The highest BCUT2D eigenvalue weighted by molar-refractivity contribution is 6.00. The van der Waals surface area contributed by atoms with Crippen molar-refractivity contribution in [3.8, 4) is 11.5 Å². The summed E-state index contributed by atoms with van der Waals surface area (Å²) in [4.78, 5) is 41.6. The average molecular weight is 647 g/mol. The van der Waals surface area contributed by atoms with Gasteiger partial charge in [0.2, 0.25) is 5.91 Å². The van der Waals surface area contributed by atoms with Crippen LogP contribution in [0.3, 0.4) is 0 Å². The summed E-state index contributed by atoms with van der Waals surface area (Å²) in [5, 5.41) is 9.45. The van der Waals surface area contributed by atoms with E-state index in [2.05, 4.69) is 9.47 Å². The predicted octanol–water partition coefficient (Wildman–Crippen LogP) is 6.06. The molecule has 4 rings (SSSR count). The van der Waals surface area contributed by atoms with Crippen molar-refractivity contribution >= 4 is 23.5 Å². The van der Waals surface area contributed by atoms with Crippen molar-refractivity contribution in [3.05, 3.63) is 53.6 Å². The molecule has 0 aliphatic carbocycles. The molecule has 2 aromatic rings. The number of para-hydroxylation sites is 1. The normalized spacial score (nSPS) is 21.2. The standard InChI is InChI=1S/C30H32F6N2O7/c1-28(2,3)16-38-21-11-10-18(44-29(31,32)33)13-20(21)25(19-8-4-5-9-22(19)45-30(34,35)36)43-23(26(38)40)14-24(39)37-12-6-7-17(15-37)27(41)42/h4-5,8-11,13,17,23,25H,6-7,12,14-16H2,1-3H3,(H,41,42)/t17?,23-,25-/m0/s1. The fourth-order valence-electron chi connectivity index (χ4n) is 5.40. The molecule has 1 unspecified atom stereocenters. The van der Waals surface area contributed by atoms with Crippen LogP contribution in [-0.2, 0) is 19.1 Å². The maximum Gasteiger partial charge on any atom is 0.573 e. The summed E-state index contributed by atoms with van der Waals surface area (Å²) in [6.07, 6.45) is -13.4. The number of carbonyl (C=O) groups excluding carboxylic acids is 2. The molecular weight excluding hydrogens is 614 g/mol. The number of nitrogens with zero attached hydrogens (tertiary/aromatic N) is 2. The van der Waals surface area contributed by atoms with Gasteiger partial charge in [-0.05, 0) is 42.5 Å². The molecule has 0 saturated carbocycles. The van der Waals surface area contributed by atoms with E-state index in [1.165, 1.54) is 34.1 Å². The number of hydrogen-bond acceptors (Lipinski definition) is 6. The number of alkyl halides is 6. The Kier molecular flexibility index (Phi) is 9.61. The Morgan fingerprint density at radius 1 is 0.978 bits per heavy atom. The highest BCUT2D eigenvalue weighted by atomic mass is 19.4. The van der Waals surface area contributed by atoms with Gasteiger partial charge in [0.15, 0.2) is 0 Å². The third kappa shape index (κ3) is 8.80.